The van der Waals surface area contributed by atoms with Gasteiger partial charge in [-0.15, -0.1) is 0 Å². The van der Waals surface area contributed by atoms with E-state index in [9.17, 15) is 4.79 Å². The minimum atomic E-state index is -0.458. The lowest BCUT2D eigenvalue weighted by Gasteiger charge is -2.37. The molecule has 0 bridgehead atoms. The van der Waals surface area contributed by atoms with Gasteiger partial charge in [-0.05, 0) is 65.5 Å². The average molecular weight is 282 g/mol. The molecule has 4 heteroatoms. The highest BCUT2D eigenvalue weighted by Crippen LogP contribution is 2.29. The van der Waals surface area contributed by atoms with Crippen molar-refractivity contribution in [3.8, 4) is 0 Å². The van der Waals surface area contributed by atoms with Crippen LogP contribution in [0.4, 0.5) is 0 Å². The first-order valence-corrected chi connectivity index (χ1v) is 8.09. The number of carbonyl (C=O) groups is 1. The first-order chi connectivity index (χ1) is 9.37. The summed E-state index contributed by atoms with van der Waals surface area (Å²) < 4.78 is 5.40. The molecule has 2 rings (SSSR count). The molecule has 0 aromatic heterocycles. The Hall–Kier alpha value is -0.610. The molecule has 4 nitrogen and oxygen atoms in total. The molecule has 2 fully saturated rings. The van der Waals surface area contributed by atoms with Gasteiger partial charge in [0.15, 0.2) is 0 Å². The Morgan fingerprint density at radius 3 is 2.20 bits per heavy atom. The van der Waals surface area contributed by atoms with Crippen molar-refractivity contribution >= 4 is 5.97 Å². The van der Waals surface area contributed by atoms with Crippen molar-refractivity contribution < 1.29 is 9.53 Å². The second kappa shape index (κ2) is 6.44. The Kier molecular flexibility index (Phi) is 5.08. The Balaban J connectivity index is 1.79. The van der Waals surface area contributed by atoms with Crippen LogP contribution in [0.3, 0.4) is 0 Å². The van der Waals surface area contributed by atoms with E-state index in [4.69, 9.17) is 10.5 Å². The SMILES string of the molecule is CC(C)(C)OC(=O)C(N)C1CCN(C2CCCC2)CC1. The fraction of sp³-hybridized carbons (Fsp3) is 0.938. The molecule has 2 N–H and O–H groups in total. The monoisotopic (exact) mass is 282 g/mol. The summed E-state index contributed by atoms with van der Waals surface area (Å²) >= 11 is 0. The van der Waals surface area contributed by atoms with Crippen molar-refractivity contribution in [3.63, 3.8) is 0 Å². The summed E-state index contributed by atoms with van der Waals surface area (Å²) in [6.07, 6.45) is 7.50. The summed E-state index contributed by atoms with van der Waals surface area (Å²) in [7, 11) is 0. The summed E-state index contributed by atoms with van der Waals surface area (Å²) in [6.45, 7) is 7.85. The van der Waals surface area contributed by atoms with Crippen LogP contribution in [0.15, 0.2) is 0 Å². The zero-order valence-electron chi connectivity index (χ0n) is 13.2. The van der Waals surface area contributed by atoms with E-state index >= 15 is 0 Å². The van der Waals surface area contributed by atoms with Crippen molar-refractivity contribution in [2.45, 2.75) is 77.0 Å². The standard InChI is InChI=1S/C16H30N2O2/c1-16(2,3)20-15(19)14(17)12-8-10-18(11-9-12)13-6-4-5-7-13/h12-14H,4-11,17H2,1-3H3. The molecule has 0 spiro atoms. The van der Waals surface area contributed by atoms with Crippen molar-refractivity contribution in [2.24, 2.45) is 11.7 Å². The van der Waals surface area contributed by atoms with Gasteiger partial charge in [-0.3, -0.25) is 4.79 Å². The van der Waals surface area contributed by atoms with Gasteiger partial charge in [-0.25, -0.2) is 0 Å². The van der Waals surface area contributed by atoms with Crippen LogP contribution in [0.5, 0.6) is 0 Å². The first-order valence-electron chi connectivity index (χ1n) is 8.09. The van der Waals surface area contributed by atoms with Crippen LogP contribution >= 0.6 is 0 Å². The van der Waals surface area contributed by atoms with Gasteiger partial charge in [-0.1, -0.05) is 12.8 Å². The largest absolute Gasteiger partial charge is 0.459 e. The summed E-state index contributed by atoms with van der Waals surface area (Å²) in [4.78, 5) is 14.6. The molecule has 20 heavy (non-hydrogen) atoms. The molecular weight excluding hydrogens is 252 g/mol. The van der Waals surface area contributed by atoms with Gasteiger partial charge in [0.2, 0.25) is 0 Å². The summed E-state index contributed by atoms with van der Waals surface area (Å²) in [5.74, 6) is 0.0410. The summed E-state index contributed by atoms with van der Waals surface area (Å²) in [5, 5.41) is 0. The van der Waals surface area contributed by atoms with Gasteiger partial charge in [0.05, 0.1) is 0 Å². The van der Waals surface area contributed by atoms with E-state index in [0.29, 0.717) is 0 Å². The molecule has 0 amide bonds. The highest BCUT2D eigenvalue weighted by atomic mass is 16.6. The molecule has 2 aliphatic rings. The van der Waals surface area contributed by atoms with Crippen molar-refractivity contribution in [1.82, 2.24) is 4.90 Å². The highest BCUT2D eigenvalue weighted by Gasteiger charge is 2.33. The van der Waals surface area contributed by atoms with Crippen molar-refractivity contribution in [1.29, 1.82) is 0 Å². The number of nitrogens with zero attached hydrogens (tertiary/aromatic N) is 1. The number of ether oxygens (including phenoxy) is 1. The van der Waals surface area contributed by atoms with Crippen LogP contribution < -0.4 is 5.73 Å². The summed E-state index contributed by atoms with van der Waals surface area (Å²) in [6, 6.07) is 0.327. The molecule has 0 aromatic rings. The predicted molar refractivity (Wildman–Crippen MR) is 80.4 cm³/mol. The van der Waals surface area contributed by atoms with E-state index in [1.165, 1.54) is 25.7 Å². The van der Waals surface area contributed by atoms with Gasteiger partial charge >= 0.3 is 5.97 Å². The van der Waals surface area contributed by atoms with E-state index in [-0.39, 0.29) is 11.9 Å². The maximum Gasteiger partial charge on any atom is 0.323 e. The smallest absolute Gasteiger partial charge is 0.323 e. The maximum atomic E-state index is 12.0. The molecule has 1 unspecified atom stereocenters. The van der Waals surface area contributed by atoms with Crippen LogP contribution in [0, 0.1) is 5.92 Å². The van der Waals surface area contributed by atoms with Crippen LogP contribution in [-0.2, 0) is 9.53 Å². The second-order valence-corrected chi connectivity index (χ2v) is 7.37. The zero-order valence-corrected chi connectivity index (χ0v) is 13.2. The van der Waals surface area contributed by atoms with Gasteiger partial charge < -0.3 is 15.4 Å². The molecule has 1 heterocycles. The molecule has 1 saturated heterocycles. The Morgan fingerprint density at radius 1 is 1.15 bits per heavy atom. The fourth-order valence-corrected chi connectivity index (χ4v) is 3.48. The lowest BCUT2D eigenvalue weighted by atomic mass is 9.89. The minimum Gasteiger partial charge on any atom is -0.459 e. The Bertz CT molecular complexity index is 324. The molecule has 1 saturated carbocycles. The molecule has 1 aliphatic carbocycles. The molecule has 1 aliphatic heterocycles. The lowest BCUT2D eigenvalue weighted by molar-refractivity contribution is -0.158. The number of hydrogen-bond donors (Lipinski definition) is 1. The first kappa shape index (κ1) is 15.8. The third-order valence-electron chi connectivity index (χ3n) is 4.60. The quantitative estimate of drug-likeness (QED) is 0.807. The van der Waals surface area contributed by atoms with Crippen molar-refractivity contribution in [2.75, 3.05) is 13.1 Å². The van der Waals surface area contributed by atoms with Crippen LogP contribution in [0.2, 0.25) is 0 Å². The third kappa shape index (κ3) is 4.19. The second-order valence-electron chi connectivity index (χ2n) is 7.37. The van der Waals surface area contributed by atoms with Gasteiger partial charge in [0, 0.05) is 6.04 Å². The Morgan fingerprint density at radius 2 is 1.70 bits per heavy atom. The van der Waals surface area contributed by atoms with E-state index in [1.54, 1.807) is 0 Å². The van der Waals surface area contributed by atoms with Gasteiger partial charge in [0.25, 0.3) is 0 Å². The Labute approximate surface area is 123 Å². The zero-order chi connectivity index (χ0) is 14.8. The molecule has 0 radical (unpaired) electrons. The van der Waals surface area contributed by atoms with E-state index < -0.39 is 11.6 Å². The molecular formula is C16H30N2O2. The number of rotatable bonds is 3. The fourth-order valence-electron chi connectivity index (χ4n) is 3.48. The number of carbonyl (C=O) groups excluding carboxylic acids is 1. The van der Waals surface area contributed by atoms with Gasteiger partial charge in [-0.2, -0.15) is 0 Å². The lowest BCUT2D eigenvalue weighted by Crippen LogP contribution is -2.48. The van der Waals surface area contributed by atoms with E-state index in [0.717, 1.165) is 32.0 Å². The predicted octanol–water partition coefficient (Wildman–Crippen LogP) is 2.31. The molecule has 0 aromatic carbocycles. The number of esters is 1. The van der Waals surface area contributed by atoms with Crippen LogP contribution in [-0.4, -0.2) is 41.6 Å². The van der Waals surface area contributed by atoms with Gasteiger partial charge in [0.1, 0.15) is 11.6 Å². The maximum absolute atomic E-state index is 12.0. The highest BCUT2D eigenvalue weighted by molar-refractivity contribution is 5.76. The number of nitrogens with two attached hydrogens (primary N) is 1. The van der Waals surface area contributed by atoms with Crippen LogP contribution in [0.1, 0.15) is 59.3 Å². The van der Waals surface area contributed by atoms with Crippen LogP contribution in [0.25, 0.3) is 0 Å². The van der Waals surface area contributed by atoms with Crippen molar-refractivity contribution in [3.05, 3.63) is 0 Å². The summed E-state index contributed by atoms with van der Waals surface area (Å²) in [5.41, 5.74) is 5.66. The minimum absolute atomic E-state index is 0.239. The number of likely N-dealkylation sites (tertiary alicyclic amines) is 1. The number of hydrogen-bond acceptors (Lipinski definition) is 4. The average Bonchev–Trinajstić information content (AvgIpc) is 2.90. The number of piperidine rings is 1. The normalized spacial score (nSPS) is 24.8. The topological polar surface area (TPSA) is 55.6 Å². The molecule has 1 atom stereocenters. The van der Waals surface area contributed by atoms with E-state index in [2.05, 4.69) is 4.90 Å². The molecule has 116 valence electrons. The van der Waals surface area contributed by atoms with E-state index in [1.807, 2.05) is 20.8 Å². The third-order valence-corrected chi connectivity index (χ3v) is 4.60.